The number of hydrogen-bond acceptors (Lipinski definition) is 5. The van der Waals surface area contributed by atoms with Crippen LogP contribution in [-0.4, -0.2) is 22.3 Å². The Hall–Kier alpha value is -0.720. The van der Waals surface area contributed by atoms with Gasteiger partial charge in [-0.15, -0.1) is 0 Å². The summed E-state index contributed by atoms with van der Waals surface area (Å²) >= 11 is 13.1. The number of hydrogen-bond donors (Lipinski definition) is 0. The van der Waals surface area contributed by atoms with E-state index in [4.69, 9.17) is 32.7 Å². The first-order valence-corrected chi connectivity index (χ1v) is 8.27. The Morgan fingerprint density at radius 2 is 2.24 bits per heavy atom. The van der Waals surface area contributed by atoms with Gasteiger partial charge < -0.3 is 9.47 Å². The summed E-state index contributed by atoms with van der Waals surface area (Å²) in [4.78, 5) is 4.23. The minimum atomic E-state index is -0.421. The summed E-state index contributed by atoms with van der Waals surface area (Å²) in [5.41, 5.74) is 0.895. The smallest absolute Gasteiger partial charge is 0.203 e. The molecule has 1 aromatic carbocycles. The Morgan fingerprint density at radius 1 is 1.33 bits per heavy atom. The molecule has 0 radical (unpaired) electrons. The van der Waals surface area contributed by atoms with Gasteiger partial charge in [-0.3, -0.25) is 0 Å². The predicted molar refractivity (Wildman–Crippen MR) is 82.9 cm³/mol. The Morgan fingerprint density at radius 3 is 2.90 bits per heavy atom. The molecule has 4 nitrogen and oxygen atoms in total. The zero-order chi connectivity index (χ0) is 14.7. The fourth-order valence-electron chi connectivity index (χ4n) is 2.25. The van der Waals surface area contributed by atoms with Crippen molar-refractivity contribution in [3.8, 4) is 0 Å². The second kappa shape index (κ2) is 7.03. The molecule has 112 valence electrons. The van der Waals surface area contributed by atoms with Crippen molar-refractivity contribution in [3.05, 3.63) is 45.1 Å². The molecular formula is C14H14Cl2N2O2S. The molecule has 0 amide bonds. The summed E-state index contributed by atoms with van der Waals surface area (Å²) in [6.45, 7) is 0.720. The maximum atomic E-state index is 6.07. The van der Waals surface area contributed by atoms with Crippen LogP contribution >= 0.6 is 34.7 Å². The van der Waals surface area contributed by atoms with Gasteiger partial charge in [-0.05, 0) is 60.1 Å². The van der Waals surface area contributed by atoms with Gasteiger partial charge in [-0.25, -0.2) is 4.98 Å². The van der Waals surface area contributed by atoms with E-state index in [1.807, 2.05) is 24.3 Å². The lowest BCUT2D eigenvalue weighted by Crippen LogP contribution is -2.25. The van der Waals surface area contributed by atoms with Crippen molar-refractivity contribution in [1.29, 1.82) is 0 Å². The number of nitrogens with zero attached hydrogens (tertiary/aromatic N) is 2. The lowest BCUT2D eigenvalue weighted by atomic mass is 10.1. The third kappa shape index (κ3) is 3.93. The summed E-state index contributed by atoms with van der Waals surface area (Å²) in [5.74, 6) is 0.543. The third-order valence-electron chi connectivity index (χ3n) is 3.23. The molecule has 1 aromatic heterocycles. The van der Waals surface area contributed by atoms with Crippen LogP contribution in [-0.2, 0) is 9.47 Å². The van der Waals surface area contributed by atoms with Gasteiger partial charge in [0.15, 0.2) is 12.1 Å². The molecule has 2 heterocycles. The normalized spacial score (nSPS) is 20.4. The maximum Gasteiger partial charge on any atom is 0.203 e. The Labute approximate surface area is 137 Å². The SMILES string of the molecule is Clc1cccc([C@@H](O[C@@H]2CCCCO2)c2nsc(Cl)n2)c1. The summed E-state index contributed by atoms with van der Waals surface area (Å²) < 4.78 is 16.4. The largest absolute Gasteiger partial charge is 0.353 e. The quantitative estimate of drug-likeness (QED) is 0.820. The van der Waals surface area contributed by atoms with Gasteiger partial charge in [-0.2, -0.15) is 4.37 Å². The molecule has 7 heteroatoms. The number of rotatable bonds is 4. The van der Waals surface area contributed by atoms with Crippen LogP contribution in [0, 0.1) is 0 Å². The molecule has 1 aliphatic rings. The molecule has 1 saturated heterocycles. The second-order valence-electron chi connectivity index (χ2n) is 4.77. The average molecular weight is 345 g/mol. The highest BCUT2D eigenvalue weighted by molar-refractivity contribution is 7.10. The molecule has 0 saturated carbocycles. The first-order valence-electron chi connectivity index (χ1n) is 6.74. The minimum absolute atomic E-state index is 0.245. The van der Waals surface area contributed by atoms with E-state index >= 15 is 0 Å². The molecule has 0 spiro atoms. The van der Waals surface area contributed by atoms with Crippen LogP contribution in [0.2, 0.25) is 9.49 Å². The molecular weight excluding hydrogens is 331 g/mol. The van der Waals surface area contributed by atoms with Gasteiger partial charge in [0, 0.05) is 11.6 Å². The van der Waals surface area contributed by atoms with Gasteiger partial charge in [0.2, 0.25) is 4.47 Å². The highest BCUT2D eigenvalue weighted by atomic mass is 35.5. The van der Waals surface area contributed by atoms with Crippen LogP contribution in [0.25, 0.3) is 0 Å². The Bertz CT molecular complexity index is 602. The van der Waals surface area contributed by atoms with E-state index in [9.17, 15) is 0 Å². The standard InChI is InChI=1S/C14H14Cl2N2O2S/c15-10-5-3-4-9(8-10)12(13-17-14(16)21-18-13)20-11-6-1-2-7-19-11/h3-5,8,11-12H,1-2,6-7H2/t11-,12-/m1/s1. The van der Waals surface area contributed by atoms with E-state index in [0.717, 1.165) is 43.0 Å². The van der Waals surface area contributed by atoms with E-state index in [-0.39, 0.29) is 6.29 Å². The zero-order valence-electron chi connectivity index (χ0n) is 11.2. The Kier molecular flexibility index (Phi) is 5.08. The first kappa shape index (κ1) is 15.2. The highest BCUT2D eigenvalue weighted by Gasteiger charge is 2.26. The topological polar surface area (TPSA) is 44.2 Å². The highest BCUT2D eigenvalue weighted by Crippen LogP contribution is 2.31. The van der Waals surface area contributed by atoms with Crippen molar-refractivity contribution >= 4 is 34.7 Å². The van der Waals surface area contributed by atoms with Gasteiger partial charge in [0.1, 0.15) is 6.10 Å². The van der Waals surface area contributed by atoms with Crippen molar-refractivity contribution in [2.24, 2.45) is 0 Å². The average Bonchev–Trinajstić information content (AvgIpc) is 2.92. The molecule has 2 atom stereocenters. The fourth-order valence-corrected chi connectivity index (χ4v) is 3.08. The summed E-state index contributed by atoms with van der Waals surface area (Å²) in [7, 11) is 0. The van der Waals surface area contributed by atoms with Crippen molar-refractivity contribution in [3.63, 3.8) is 0 Å². The molecule has 0 unspecified atom stereocenters. The van der Waals surface area contributed by atoms with Crippen LogP contribution < -0.4 is 0 Å². The molecule has 1 fully saturated rings. The lowest BCUT2D eigenvalue weighted by Gasteiger charge is -2.26. The summed E-state index contributed by atoms with van der Waals surface area (Å²) in [6, 6.07) is 7.49. The van der Waals surface area contributed by atoms with Gasteiger partial charge in [0.05, 0.1) is 0 Å². The third-order valence-corrected chi connectivity index (χ3v) is 4.28. The molecule has 21 heavy (non-hydrogen) atoms. The van der Waals surface area contributed by atoms with Crippen molar-refractivity contribution < 1.29 is 9.47 Å². The number of aromatic nitrogens is 2. The molecule has 0 N–H and O–H groups in total. The molecule has 1 aliphatic heterocycles. The van der Waals surface area contributed by atoms with Gasteiger partial charge in [-0.1, -0.05) is 23.7 Å². The minimum Gasteiger partial charge on any atom is -0.353 e. The van der Waals surface area contributed by atoms with E-state index in [0.29, 0.717) is 15.3 Å². The summed E-state index contributed by atoms with van der Waals surface area (Å²) in [6.07, 6.45) is 2.37. The van der Waals surface area contributed by atoms with E-state index in [1.54, 1.807) is 0 Å². The van der Waals surface area contributed by atoms with Crippen LogP contribution in [0.15, 0.2) is 24.3 Å². The first-order chi connectivity index (χ1) is 10.2. The van der Waals surface area contributed by atoms with Crippen LogP contribution in [0.1, 0.15) is 36.8 Å². The van der Waals surface area contributed by atoms with E-state index in [1.165, 1.54) is 0 Å². The van der Waals surface area contributed by atoms with Crippen molar-refractivity contribution in [1.82, 2.24) is 9.36 Å². The van der Waals surface area contributed by atoms with Crippen LogP contribution in [0.4, 0.5) is 0 Å². The molecule has 3 rings (SSSR count). The van der Waals surface area contributed by atoms with Crippen LogP contribution in [0.5, 0.6) is 0 Å². The number of benzene rings is 1. The van der Waals surface area contributed by atoms with E-state index in [2.05, 4.69) is 9.36 Å². The van der Waals surface area contributed by atoms with Crippen molar-refractivity contribution in [2.45, 2.75) is 31.7 Å². The molecule has 0 bridgehead atoms. The number of ether oxygens (including phenoxy) is 2. The molecule has 0 aliphatic carbocycles. The number of halogens is 2. The van der Waals surface area contributed by atoms with Crippen molar-refractivity contribution in [2.75, 3.05) is 6.61 Å². The monoisotopic (exact) mass is 344 g/mol. The second-order valence-corrected chi connectivity index (χ2v) is 6.54. The lowest BCUT2D eigenvalue weighted by molar-refractivity contribution is -0.182. The molecule has 2 aromatic rings. The van der Waals surface area contributed by atoms with Gasteiger partial charge >= 0.3 is 0 Å². The Balaban J connectivity index is 1.86. The zero-order valence-corrected chi connectivity index (χ0v) is 13.5. The predicted octanol–water partition coefficient (Wildman–Crippen LogP) is 4.48. The summed E-state index contributed by atoms with van der Waals surface area (Å²) in [5, 5.41) is 0.645. The fraction of sp³-hybridized carbons (Fsp3) is 0.429. The van der Waals surface area contributed by atoms with Gasteiger partial charge in [0.25, 0.3) is 0 Å². The van der Waals surface area contributed by atoms with Crippen LogP contribution in [0.3, 0.4) is 0 Å². The van der Waals surface area contributed by atoms with E-state index < -0.39 is 6.10 Å². The maximum absolute atomic E-state index is 6.07.